The third-order valence-corrected chi connectivity index (χ3v) is 3.37. The molecule has 2 atom stereocenters. The Kier molecular flexibility index (Phi) is 3.13. The summed E-state index contributed by atoms with van der Waals surface area (Å²) in [6.45, 7) is 2.84. The van der Waals surface area contributed by atoms with E-state index >= 15 is 0 Å². The summed E-state index contributed by atoms with van der Waals surface area (Å²) in [7, 11) is 0. The second-order valence-corrected chi connectivity index (χ2v) is 4.43. The molecular weight excluding hydrogens is 204 g/mol. The van der Waals surface area contributed by atoms with E-state index in [1.54, 1.807) is 24.3 Å². The Labute approximate surface area is 95.0 Å². The fourth-order valence-electron chi connectivity index (χ4n) is 1.95. The number of rotatable bonds is 4. The molecule has 0 aromatic heterocycles. The maximum absolute atomic E-state index is 10.9. The first-order valence-electron chi connectivity index (χ1n) is 5.63. The van der Waals surface area contributed by atoms with Gasteiger partial charge in [-0.05, 0) is 36.8 Å². The number of para-hydroxylation sites is 1. The van der Waals surface area contributed by atoms with Gasteiger partial charge in [-0.25, -0.2) is 4.79 Å². The van der Waals surface area contributed by atoms with Crippen LogP contribution in [0.25, 0.3) is 0 Å². The van der Waals surface area contributed by atoms with Crippen LogP contribution in [0, 0.1) is 11.8 Å². The number of benzene rings is 1. The number of hydrogen-bond acceptors (Lipinski definition) is 2. The third-order valence-electron chi connectivity index (χ3n) is 3.37. The molecule has 0 saturated heterocycles. The standard InChI is InChI=1S/C13H16O3/c1-9-6-7-10(9)8-16-12-5-3-2-4-11(12)13(14)15/h2-5,9-10H,6-8H2,1H3,(H,14,15)/t9-,10+/m0/s1. The number of carboxylic acids is 1. The van der Waals surface area contributed by atoms with Crippen molar-refractivity contribution in [3.8, 4) is 5.75 Å². The Hall–Kier alpha value is -1.51. The number of carboxylic acid groups (broad SMARTS) is 1. The van der Waals surface area contributed by atoms with Crippen LogP contribution in [-0.2, 0) is 0 Å². The molecule has 1 aliphatic rings. The van der Waals surface area contributed by atoms with Gasteiger partial charge >= 0.3 is 5.97 Å². The molecule has 0 bridgehead atoms. The molecule has 1 aromatic rings. The Morgan fingerprint density at radius 2 is 2.19 bits per heavy atom. The maximum atomic E-state index is 10.9. The van der Waals surface area contributed by atoms with E-state index in [4.69, 9.17) is 9.84 Å². The summed E-state index contributed by atoms with van der Waals surface area (Å²) >= 11 is 0. The predicted octanol–water partition coefficient (Wildman–Crippen LogP) is 2.81. The largest absolute Gasteiger partial charge is 0.492 e. The molecule has 1 N–H and O–H groups in total. The second-order valence-electron chi connectivity index (χ2n) is 4.43. The van der Waals surface area contributed by atoms with Crippen LogP contribution in [0.1, 0.15) is 30.1 Å². The fraction of sp³-hybridized carbons (Fsp3) is 0.462. The van der Waals surface area contributed by atoms with Gasteiger partial charge in [-0.3, -0.25) is 0 Å². The van der Waals surface area contributed by atoms with Gasteiger partial charge in [0.05, 0.1) is 6.61 Å². The normalized spacial score (nSPS) is 23.6. The molecule has 2 rings (SSSR count). The van der Waals surface area contributed by atoms with E-state index in [1.807, 2.05) is 0 Å². The van der Waals surface area contributed by atoms with E-state index in [0.29, 0.717) is 24.2 Å². The number of ether oxygens (including phenoxy) is 1. The minimum Gasteiger partial charge on any atom is -0.492 e. The van der Waals surface area contributed by atoms with Crippen molar-refractivity contribution in [3.05, 3.63) is 29.8 Å². The van der Waals surface area contributed by atoms with Crippen molar-refractivity contribution in [1.82, 2.24) is 0 Å². The first-order chi connectivity index (χ1) is 7.68. The van der Waals surface area contributed by atoms with Crippen molar-refractivity contribution in [2.45, 2.75) is 19.8 Å². The summed E-state index contributed by atoms with van der Waals surface area (Å²) in [4.78, 5) is 10.9. The van der Waals surface area contributed by atoms with Gasteiger partial charge in [-0.2, -0.15) is 0 Å². The van der Waals surface area contributed by atoms with Crippen LogP contribution in [0.2, 0.25) is 0 Å². The van der Waals surface area contributed by atoms with Crippen molar-refractivity contribution in [3.63, 3.8) is 0 Å². The minimum atomic E-state index is -0.933. The number of hydrogen-bond donors (Lipinski definition) is 1. The zero-order chi connectivity index (χ0) is 11.5. The molecule has 3 heteroatoms. The molecule has 3 nitrogen and oxygen atoms in total. The molecule has 86 valence electrons. The van der Waals surface area contributed by atoms with E-state index in [1.165, 1.54) is 12.8 Å². The lowest BCUT2D eigenvalue weighted by Crippen LogP contribution is -2.28. The topological polar surface area (TPSA) is 46.5 Å². The zero-order valence-electron chi connectivity index (χ0n) is 9.35. The SMILES string of the molecule is C[C@H]1CC[C@@H]1COc1ccccc1C(=O)O. The van der Waals surface area contributed by atoms with E-state index in [0.717, 1.165) is 0 Å². The van der Waals surface area contributed by atoms with Gasteiger partial charge in [0.2, 0.25) is 0 Å². The first-order valence-corrected chi connectivity index (χ1v) is 5.63. The van der Waals surface area contributed by atoms with Crippen molar-refractivity contribution in [1.29, 1.82) is 0 Å². The summed E-state index contributed by atoms with van der Waals surface area (Å²) in [6, 6.07) is 6.79. The van der Waals surface area contributed by atoms with Crippen LogP contribution >= 0.6 is 0 Å². The summed E-state index contributed by atoms with van der Waals surface area (Å²) in [5.41, 5.74) is 0.245. The fourth-order valence-corrected chi connectivity index (χ4v) is 1.95. The molecule has 0 radical (unpaired) electrons. The van der Waals surface area contributed by atoms with Gasteiger partial charge in [0, 0.05) is 0 Å². The Morgan fingerprint density at radius 1 is 1.44 bits per heavy atom. The lowest BCUT2D eigenvalue weighted by Gasteiger charge is -2.33. The summed E-state index contributed by atoms with van der Waals surface area (Å²) in [5, 5.41) is 8.97. The molecule has 1 saturated carbocycles. The molecule has 0 aliphatic heterocycles. The molecule has 0 amide bonds. The van der Waals surface area contributed by atoms with Crippen LogP contribution in [0.4, 0.5) is 0 Å². The van der Waals surface area contributed by atoms with Crippen LogP contribution in [0.5, 0.6) is 5.75 Å². The minimum absolute atomic E-state index is 0.245. The lowest BCUT2D eigenvalue weighted by atomic mass is 9.75. The third kappa shape index (κ3) is 2.18. The highest BCUT2D eigenvalue weighted by Gasteiger charge is 2.27. The maximum Gasteiger partial charge on any atom is 0.339 e. The Bertz CT molecular complexity index is 387. The monoisotopic (exact) mass is 220 g/mol. The highest BCUT2D eigenvalue weighted by atomic mass is 16.5. The van der Waals surface area contributed by atoms with E-state index < -0.39 is 5.97 Å². The van der Waals surface area contributed by atoms with Crippen LogP contribution < -0.4 is 4.74 Å². The average molecular weight is 220 g/mol. The van der Waals surface area contributed by atoms with Gasteiger partial charge in [-0.15, -0.1) is 0 Å². The second kappa shape index (κ2) is 4.56. The zero-order valence-corrected chi connectivity index (χ0v) is 9.35. The van der Waals surface area contributed by atoms with Crippen molar-refractivity contribution in [2.75, 3.05) is 6.61 Å². The van der Waals surface area contributed by atoms with Crippen LogP contribution in [0.15, 0.2) is 24.3 Å². The van der Waals surface area contributed by atoms with E-state index in [-0.39, 0.29) is 5.56 Å². The van der Waals surface area contributed by atoms with Gasteiger partial charge in [0.25, 0.3) is 0 Å². The van der Waals surface area contributed by atoms with Gasteiger partial charge < -0.3 is 9.84 Å². The molecule has 0 heterocycles. The number of aromatic carboxylic acids is 1. The van der Waals surface area contributed by atoms with Gasteiger partial charge in [0.1, 0.15) is 11.3 Å². The quantitative estimate of drug-likeness (QED) is 0.848. The molecule has 1 aromatic carbocycles. The molecule has 0 unspecified atom stereocenters. The smallest absolute Gasteiger partial charge is 0.339 e. The molecule has 16 heavy (non-hydrogen) atoms. The van der Waals surface area contributed by atoms with Crippen LogP contribution in [0.3, 0.4) is 0 Å². The van der Waals surface area contributed by atoms with E-state index in [9.17, 15) is 4.79 Å². The molecular formula is C13H16O3. The Balaban J connectivity index is 2.00. The average Bonchev–Trinajstić information content (AvgIpc) is 2.27. The summed E-state index contributed by atoms with van der Waals surface area (Å²) < 4.78 is 5.59. The first kappa shape index (κ1) is 11.0. The van der Waals surface area contributed by atoms with Crippen molar-refractivity contribution < 1.29 is 14.6 Å². The number of carbonyl (C=O) groups is 1. The highest BCUT2D eigenvalue weighted by Crippen LogP contribution is 2.34. The molecule has 0 spiro atoms. The molecule has 1 fully saturated rings. The lowest BCUT2D eigenvalue weighted by molar-refractivity contribution is 0.0685. The predicted molar refractivity (Wildman–Crippen MR) is 60.8 cm³/mol. The summed E-state index contributed by atoms with van der Waals surface area (Å²) in [5.74, 6) is 0.838. The Morgan fingerprint density at radius 3 is 2.75 bits per heavy atom. The van der Waals surface area contributed by atoms with E-state index in [2.05, 4.69) is 6.92 Å². The van der Waals surface area contributed by atoms with Gasteiger partial charge in [-0.1, -0.05) is 19.1 Å². The highest BCUT2D eigenvalue weighted by molar-refractivity contribution is 5.90. The van der Waals surface area contributed by atoms with Crippen molar-refractivity contribution >= 4 is 5.97 Å². The van der Waals surface area contributed by atoms with Gasteiger partial charge in [0.15, 0.2) is 0 Å². The van der Waals surface area contributed by atoms with Crippen LogP contribution in [-0.4, -0.2) is 17.7 Å². The summed E-state index contributed by atoms with van der Waals surface area (Å²) in [6.07, 6.45) is 2.45. The van der Waals surface area contributed by atoms with Crippen molar-refractivity contribution in [2.24, 2.45) is 11.8 Å². The molecule has 1 aliphatic carbocycles.